The predicted octanol–water partition coefficient (Wildman–Crippen LogP) is 1.87. The second-order valence-corrected chi connectivity index (χ2v) is 5.51. The van der Waals surface area contributed by atoms with Crippen molar-refractivity contribution in [3.8, 4) is 5.75 Å². The van der Waals surface area contributed by atoms with Crippen molar-refractivity contribution in [2.45, 2.75) is 19.0 Å². The zero-order valence-corrected chi connectivity index (χ0v) is 13.0. The molecule has 1 amide bonds. The van der Waals surface area contributed by atoms with Crippen molar-refractivity contribution in [2.75, 3.05) is 33.8 Å². The Morgan fingerprint density at radius 2 is 2.22 bits per heavy atom. The topological polar surface area (TPSA) is 42.0 Å². The maximum absolute atomic E-state index is 12.3. The molecule has 1 heterocycles. The summed E-state index contributed by atoms with van der Waals surface area (Å²) in [4.78, 5) is 15.8. The highest BCUT2D eigenvalue weighted by Crippen LogP contribution is 2.23. The number of nitrogens with zero attached hydrogens (tertiary/aromatic N) is 2. The molecule has 1 aromatic rings. The van der Waals surface area contributed by atoms with Gasteiger partial charge in [0.25, 0.3) is 5.91 Å². The molecule has 8 heteroatoms. The largest absolute Gasteiger partial charge is 0.573 e. The molecule has 1 atom stereocenters. The van der Waals surface area contributed by atoms with Gasteiger partial charge in [0.2, 0.25) is 0 Å². The van der Waals surface area contributed by atoms with E-state index in [2.05, 4.69) is 4.74 Å². The number of carbonyl (C=O) groups excluding carboxylic acids is 1. The van der Waals surface area contributed by atoms with Gasteiger partial charge in [0.05, 0.1) is 6.61 Å². The van der Waals surface area contributed by atoms with Gasteiger partial charge < -0.3 is 19.3 Å². The van der Waals surface area contributed by atoms with Gasteiger partial charge >= 0.3 is 6.36 Å². The van der Waals surface area contributed by atoms with Gasteiger partial charge in [-0.1, -0.05) is 12.1 Å². The quantitative estimate of drug-likeness (QED) is 0.844. The van der Waals surface area contributed by atoms with Crippen molar-refractivity contribution in [3.63, 3.8) is 0 Å². The summed E-state index contributed by atoms with van der Waals surface area (Å²) in [7, 11) is 3.50. The third-order valence-electron chi connectivity index (χ3n) is 3.47. The number of hydrogen-bond acceptors (Lipinski definition) is 4. The molecule has 0 aliphatic carbocycles. The Hall–Kier alpha value is -1.80. The summed E-state index contributed by atoms with van der Waals surface area (Å²) in [6, 6.07) is 5.59. The number of halogens is 3. The van der Waals surface area contributed by atoms with Gasteiger partial charge in [0.15, 0.2) is 0 Å². The molecule has 1 saturated heterocycles. The maximum atomic E-state index is 12.3. The SMILES string of the molecule is CN1CCO[C@H](C(=O)N(C)Cc2cccc(OC(F)(F)F)c2)C1. The number of rotatable bonds is 4. The Morgan fingerprint density at radius 3 is 2.87 bits per heavy atom. The normalized spacial score (nSPS) is 19.4. The Labute approximate surface area is 132 Å². The molecule has 23 heavy (non-hydrogen) atoms. The molecule has 2 rings (SSSR count). The fourth-order valence-electron chi connectivity index (χ4n) is 2.37. The summed E-state index contributed by atoms with van der Waals surface area (Å²) in [5.41, 5.74) is 0.548. The first-order valence-electron chi connectivity index (χ1n) is 7.14. The molecular weight excluding hydrogens is 313 g/mol. The number of benzene rings is 1. The number of likely N-dealkylation sites (N-methyl/N-ethyl adjacent to an activating group) is 2. The fraction of sp³-hybridized carbons (Fsp3) is 0.533. The van der Waals surface area contributed by atoms with E-state index in [-0.39, 0.29) is 18.2 Å². The smallest absolute Gasteiger partial charge is 0.406 e. The molecule has 0 radical (unpaired) electrons. The second-order valence-electron chi connectivity index (χ2n) is 5.51. The minimum absolute atomic E-state index is 0.178. The molecule has 0 spiro atoms. The Morgan fingerprint density at radius 1 is 1.48 bits per heavy atom. The van der Waals surface area contributed by atoms with E-state index in [1.54, 1.807) is 13.1 Å². The van der Waals surface area contributed by atoms with Gasteiger partial charge in [0.1, 0.15) is 11.9 Å². The first-order valence-corrected chi connectivity index (χ1v) is 7.14. The number of ether oxygens (including phenoxy) is 2. The third kappa shape index (κ3) is 5.40. The van der Waals surface area contributed by atoms with Crippen LogP contribution in [0.15, 0.2) is 24.3 Å². The van der Waals surface area contributed by atoms with E-state index < -0.39 is 12.5 Å². The van der Waals surface area contributed by atoms with Crippen molar-refractivity contribution in [3.05, 3.63) is 29.8 Å². The van der Waals surface area contributed by atoms with Crippen LogP contribution in [0.1, 0.15) is 5.56 Å². The molecule has 0 saturated carbocycles. The van der Waals surface area contributed by atoms with Gasteiger partial charge in [-0.25, -0.2) is 0 Å². The van der Waals surface area contributed by atoms with Crippen LogP contribution in [0.5, 0.6) is 5.75 Å². The fourth-order valence-corrected chi connectivity index (χ4v) is 2.37. The lowest BCUT2D eigenvalue weighted by atomic mass is 10.2. The van der Waals surface area contributed by atoms with Crippen LogP contribution in [0.2, 0.25) is 0 Å². The van der Waals surface area contributed by atoms with Crippen LogP contribution < -0.4 is 4.74 Å². The average molecular weight is 332 g/mol. The van der Waals surface area contributed by atoms with Crippen LogP contribution in [0.25, 0.3) is 0 Å². The van der Waals surface area contributed by atoms with E-state index in [1.807, 2.05) is 11.9 Å². The summed E-state index contributed by atoms with van der Waals surface area (Å²) < 4.78 is 46.0. The Kier molecular flexibility index (Phi) is 5.48. The lowest BCUT2D eigenvalue weighted by Gasteiger charge is -2.31. The maximum Gasteiger partial charge on any atom is 0.573 e. The van der Waals surface area contributed by atoms with Crippen molar-refractivity contribution in [1.82, 2.24) is 9.80 Å². The minimum Gasteiger partial charge on any atom is -0.406 e. The lowest BCUT2D eigenvalue weighted by molar-refractivity contribution is -0.274. The van der Waals surface area contributed by atoms with Gasteiger partial charge in [-0.05, 0) is 24.7 Å². The van der Waals surface area contributed by atoms with Crippen molar-refractivity contribution >= 4 is 5.91 Å². The van der Waals surface area contributed by atoms with E-state index in [0.29, 0.717) is 18.7 Å². The Bertz CT molecular complexity index is 551. The molecule has 1 fully saturated rings. The van der Waals surface area contributed by atoms with E-state index >= 15 is 0 Å². The van der Waals surface area contributed by atoms with Gasteiger partial charge in [-0.15, -0.1) is 13.2 Å². The third-order valence-corrected chi connectivity index (χ3v) is 3.47. The van der Waals surface area contributed by atoms with E-state index in [1.165, 1.54) is 23.1 Å². The first-order chi connectivity index (χ1) is 10.7. The van der Waals surface area contributed by atoms with Gasteiger partial charge in [0, 0.05) is 26.7 Å². The van der Waals surface area contributed by atoms with E-state index in [0.717, 1.165) is 6.54 Å². The molecule has 0 N–H and O–H groups in total. The highest BCUT2D eigenvalue weighted by Gasteiger charge is 2.31. The van der Waals surface area contributed by atoms with Crippen LogP contribution in [0.3, 0.4) is 0 Å². The number of alkyl halides is 3. The summed E-state index contributed by atoms with van der Waals surface area (Å²) in [6.07, 6.45) is -5.28. The monoisotopic (exact) mass is 332 g/mol. The zero-order valence-electron chi connectivity index (χ0n) is 13.0. The molecule has 128 valence electrons. The summed E-state index contributed by atoms with van der Waals surface area (Å²) in [5.74, 6) is -0.497. The van der Waals surface area contributed by atoms with Crippen LogP contribution in [-0.2, 0) is 16.1 Å². The number of morpholine rings is 1. The zero-order chi connectivity index (χ0) is 17.0. The molecular formula is C15H19F3N2O3. The first kappa shape index (κ1) is 17.6. The van der Waals surface area contributed by atoms with Crippen LogP contribution >= 0.6 is 0 Å². The molecule has 5 nitrogen and oxygen atoms in total. The van der Waals surface area contributed by atoms with Crippen molar-refractivity contribution in [2.24, 2.45) is 0 Å². The number of hydrogen-bond donors (Lipinski definition) is 0. The molecule has 0 bridgehead atoms. The predicted molar refractivity (Wildman–Crippen MR) is 76.8 cm³/mol. The number of amides is 1. The van der Waals surface area contributed by atoms with Crippen LogP contribution in [0, 0.1) is 0 Å². The lowest BCUT2D eigenvalue weighted by Crippen LogP contribution is -2.48. The van der Waals surface area contributed by atoms with Gasteiger partial charge in [-0.2, -0.15) is 0 Å². The molecule has 1 aliphatic rings. The number of carbonyl (C=O) groups is 1. The second kappa shape index (κ2) is 7.18. The minimum atomic E-state index is -4.74. The average Bonchev–Trinajstić information content (AvgIpc) is 2.45. The van der Waals surface area contributed by atoms with Crippen LogP contribution in [-0.4, -0.2) is 62.0 Å². The van der Waals surface area contributed by atoms with E-state index in [4.69, 9.17) is 4.74 Å². The van der Waals surface area contributed by atoms with Crippen molar-refractivity contribution in [1.29, 1.82) is 0 Å². The summed E-state index contributed by atoms with van der Waals surface area (Å²) in [6.45, 7) is 1.93. The molecule has 0 unspecified atom stereocenters. The summed E-state index contributed by atoms with van der Waals surface area (Å²) >= 11 is 0. The molecule has 1 aromatic carbocycles. The Balaban J connectivity index is 1.98. The van der Waals surface area contributed by atoms with Gasteiger partial charge in [-0.3, -0.25) is 4.79 Å². The van der Waals surface area contributed by atoms with Crippen molar-refractivity contribution < 1.29 is 27.4 Å². The van der Waals surface area contributed by atoms with E-state index in [9.17, 15) is 18.0 Å². The molecule has 1 aliphatic heterocycles. The standard InChI is InChI=1S/C15H19F3N2O3/c1-19-6-7-22-13(10-19)14(21)20(2)9-11-4-3-5-12(8-11)23-15(16,17)18/h3-5,8,13H,6-7,9-10H2,1-2H3/t13-/m0/s1. The highest BCUT2D eigenvalue weighted by atomic mass is 19.4. The molecule has 0 aromatic heterocycles. The highest BCUT2D eigenvalue weighted by molar-refractivity contribution is 5.81. The van der Waals surface area contributed by atoms with Crippen LogP contribution in [0.4, 0.5) is 13.2 Å². The summed E-state index contributed by atoms with van der Waals surface area (Å²) in [5, 5.41) is 0.